The standard InChI is InChI=1S/C31H28N4O6/c1-31(2,3)41-30(37)33(28-10-7-19-40-28)24-15-11-21(12-16-24)26-20-27(22-8-5-4-6-9-22)34(32-26)29(36)23-13-17-25(18-14-23)35(38)39/h4-19,27H,20H2,1-3H3. The van der Waals surface area contributed by atoms with Gasteiger partial charge in [0.2, 0.25) is 5.88 Å². The number of nitro benzene ring substituents is 1. The second-order valence-electron chi connectivity index (χ2n) is 10.4. The van der Waals surface area contributed by atoms with Crippen molar-refractivity contribution >= 4 is 35.0 Å². The Bertz CT molecular complexity index is 1570. The Hall–Kier alpha value is -5.25. The van der Waals surface area contributed by atoms with Gasteiger partial charge in [-0.25, -0.2) is 14.7 Å². The zero-order valence-corrected chi connectivity index (χ0v) is 22.8. The van der Waals surface area contributed by atoms with Crippen molar-refractivity contribution in [3.8, 4) is 0 Å². The zero-order valence-electron chi connectivity index (χ0n) is 22.8. The van der Waals surface area contributed by atoms with Gasteiger partial charge in [-0.3, -0.25) is 14.9 Å². The molecule has 3 aromatic carbocycles. The topological polar surface area (TPSA) is 118 Å². The van der Waals surface area contributed by atoms with E-state index in [1.807, 2.05) is 42.5 Å². The Morgan fingerprint density at radius 2 is 1.66 bits per heavy atom. The lowest BCUT2D eigenvalue weighted by Gasteiger charge is -2.26. The Morgan fingerprint density at radius 3 is 2.24 bits per heavy atom. The van der Waals surface area contributed by atoms with E-state index >= 15 is 0 Å². The van der Waals surface area contributed by atoms with E-state index in [-0.39, 0.29) is 17.6 Å². The van der Waals surface area contributed by atoms with Crippen LogP contribution in [0.1, 0.15) is 54.7 Å². The molecule has 1 aromatic heterocycles. The molecule has 2 heterocycles. The molecule has 5 rings (SSSR count). The Labute approximate surface area is 236 Å². The van der Waals surface area contributed by atoms with Crippen molar-refractivity contribution in [3.05, 3.63) is 124 Å². The van der Waals surface area contributed by atoms with Crippen LogP contribution in [0.4, 0.5) is 22.1 Å². The average Bonchev–Trinajstić information content (AvgIpc) is 3.64. The molecule has 0 spiro atoms. The number of nitrogens with zero attached hydrogens (tertiary/aromatic N) is 4. The lowest BCUT2D eigenvalue weighted by molar-refractivity contribution is -0.384. The van der Waals surface area contributed by atoms with Crippen LogP contribution in [0.3, 0.4) is 0 Å². The Kier molecular flexibility index (Phi) is 7.39. The number of hydrogen-bond acceptors (Lipinski definition) is 7. The molecule has 0 bridgehead atoms. The number of furan rings is 1. The van der Waals surface area contributed by atoms with E-state index < -0.39 is 16.6 Å². The molecule has 10 nitrogen and oxygen atoms in total. The molecule has 41 heavy (non-hydrogen) atoms. The first kappa shape index (κ1) is 27.3. The molecule has 0 fully saturated rings. The van der Waals surface area contributed by atoms with Crippen molar-refractivity contribution < 1.29 is 23.7 Å². The molecule has 0 aliphatic carbocycles. The molecule has 0 saturated heterocycles. The van der Waals surface area contributed by atoms with Gasteiger partial charge in [0.1, 0.15) is 5.60 Å². The second-order valence-corrected chi connectivity index (χ2v) is 10.4. The van der Waals surface area contributed by atoms with Crippen LogP contribution >= 0.6 is 0 Å². The smallest absolute Gasteiger partial charge is 0.421 e. The molecular formula is C31H28N4O6. The molecule has 0 saturated carbocycles. The summed E-state index contributed by atoms with van der Waals surface area (Å²) in [4.78, 5) is 38.5. The van der Waals surface area contributed by atoms with E-state index in [2.05, 4.69) is 0 Å². The highest BCUT2D eigenvalue weighted by Crippen LogP contribution is 2.35. The van der Waals surface area contributed by atoms with Gasteiger partial charge >= 0.3 is 6.09 Å². The van der Waals surface area contributed by atoms with Crippen LogP contribution in [0.25, 0.3) is 0 Å². The molecular weight excluding hydrogens is 524 g/mol. The summed E-state index contributed by atoms with van der Waals surface area (Å²) < 4.78 is 11.1. The molecule has 1 atom stereocenters. The summed E-state index contributed by atoms with van der Waals surface area (Å²) in [6, 6.07) is 25.2. The molecule has 208 valence electrons. The second kappa shape index (κ2) is 11.1. The van der Waals surface area contributed by atoms with E-state index in [9.17, 15) is 19.7 Å². The molecule has 1 unspecified atom stereocenters. The minimum absolute atomic E-state index is 0.0955. The predicted molar refractivity (Wildman–Crippen MR) is 153 cm³/mol. The fourth-order valence-corrected chi connectivity index (χ4v) is 4.50. The van der Waals surface area contributed by atoms with Crippen molar-refractivity contribution in [2.24, 2.45) is 5.10 Å². The number of nitro groups is 1. The van der Waals surface area contributed by atoms with Gasteiger partial charge in [-0.15, -0.1) is 0 Å². The van der Waals surface area contributed by atoms with Crippen molar-refractivity contribution in [1.29, 1.82) is 0 Å². The highest BCUT2D eigenvalue weighted by atomic mass is 16.6. The number of anilines is 2. The number of hydrogen-bond donors (Lipinski definition) is 0. The number of ether oxygens (including phenoxy) is 1. The number of carbonyl (C=O) groups is 2. The molecule has 10 heteroatoms. The van der Waals surface area contributed by atoms with Gasteiger partial charge in [0.05, 0.1) is 28.6 Å². The largest absolute Gasteiger partial charge is 0.448 e. The first-order chi connectivity index (χ1) is 19.6. The highest BCUT2D eigenvalue weighted by Gasteiger charge is 2.34. The van der Waals surface area contributed by atoms with Crippen LogP contribution in [0.15, 0.2) is 107 Å². The van der Waals surface area contributed by atoms with Crippen LogP contribution in [0.2, 0.25) is 0 Å². The minimum Gasteiger partial charge on any atom is -0.448 e. The number of amides is 2. The normalized spacial score (nSPS) is 14.9. The first-order valence-corrected chi connectivity index (χ1v) is 13.0. The SMILES string of the molecule is CC(C)(C)OC(=O)N(c1ccc(C2=NN(C(=O)c3ccc([N+](=O)[O-])cc3)C(c3ccccc3)C2)cc1)c1ccco1. The molecule has 1 aliphatic rings. The minimum atomic E-state index is -0.702. The van der Waals surface area contributed by atoms with Gasteiger partial charge in [0, 0.05) is 30.2 Å². The third kappa shape index (κ3) is 6.01. The molecule has 0 radical (unpaired) electrons. The molecule has 0 N–H and O–H groups in total. The Morgan fingerprint density at radius 1 is 0.976 bits per heavy atom. The Balaban J connectivity index is 1.45. The fourth-order valence-electron chi connectivity index (χ4n) is 4.50. The summed E-state index contributed by atoms with van der Waals surface area (Å²) in [5.74, 6) is -0.0523. The molecule has 4 aromatic rings. The maximum absolute atomic E-state index is 13.5. The summed E-state index contributed by atoms with van der Waals surface area (Å²) in [5, 5.41) is 17.2. The highest BCUT2D eigenvalue weighted by molar-refractivity contribution is 6.05. The number of non-ortho nitro benzene ring substituents is 1. The molecule has 1 aliphatic heterocycles. The van der Waals surface area contributed by atoms with E-state index in [4.69, 9.17) is 14.3 Å². The molecule has 2 amide bonds. The monoisotopic (exact) mass is 552 g/mol. The van der Waals surface area contributed by atoms with E-state index in [1.165, 1.54) is 40.4 Å². The van der Waals surface area contributed by atoms with Crippen LogP contribution in [-0.2, 0) is 4.74 Å². The van der Waals surface area contributed by atoms with Crippen molar-refractivity contribution in [1.82, 2.24) is 5.01 Å². The number of rotatable bonds is 6. The van der Waals surface area contributed by atoms with Crippen LogP contribution < -0.4 is 4.90 Å². The van der Waals surface area contributed by atoms with Crippen molar-refractivity contribution in [3.63, 3.8) is 0 Å². The third-order valence-corrected chi connectivity index (χ3v) is 6.39. The fraction of sp³-hybridized carbons (Fsp3) is 0.194. The van der Waals surface area contributed by atoms with Gasteiger partial charge in [-0.1, -0.05) is 42.5 Å². The number of carbonyl (C=O) groups excluding carboxylic acids is 2. The predicted octanol–water partition coefficient (Wildman–Crippen LogP) is 7.25. The van der Waals surface area contributed by atoms with Crippen LogP contribution in [-0.4, -0.2) is 33.2 Å². The van der Waals surface area contributed by atoms with Crippen molar-refractivity contribution in [2.75, 3.05) is 4.90 Å². The summed E-state index contributed by atoms with van der Waals surface area (Å²) >= 11 is 0. The van der Waals surface area contributed by atoms with Gasteiger partial charge < -0.3 is 9.15 Å². The zero-order chi connectivity index (χ0) is 29.1. The lowest BCUT2D eigenvalue weighted by atomic mass is 9.98. The van der Waals surface area contributed by atoms with E-state index in [0.717, 1.165) is 11.1 Å². The van der Waals surface area contributed by atoms with Crippen molar-refractivity contribution in [2.45, 2.75) is 38.8 Å². The van der Waals surface area contributed by atoms with Crippen LogP contribution in [0, 0.1) is 10.1 Å². The summed E-state index contributed by atoms with van der Waals surface area (Å²) in [6.07, 6.45) is 1.35. The van der Waals surface area contributed by atoms with Gasteiger partial charge in [-0.2, -0.15) is 5.10 Å². The third-order valence-electron chi connectivity index (χ3n) is 6.39. The number of benzene rings is 3. The first-order valence-electron chi connectivity index (χ1n) is 13.0. The maximum Gasteiger partial charge on any atom is 0.421 e. The number of hydrazone groups is 1. The maximum atomic E-state index is 13.5. The summed E-state index contributed by atoms with van der Waals surface area (Å²) in [7, 11) is 0. The lowest BCUT2D eigenvalue weighted by Crippen LogP contribution is -2.33. The van der Waals surface area contributed by atoms with Gasteiger partial charge in [0.25, 0.3) is 11.6 Å². The average molecular weight is 553 g/mol. The van der Waals surface area contributed by atoms with E-state index in [0.29, 0.717) is 29.3 Å². The quantitative estimate of drug-likeness (QED) is 0.184. The summed E-state index contributed by atoms with van der Waals surface area (Å²) in [6.45, 7) is 5.37. The van der Waals surface area contributed by atoms with Gasteiger partial charge in [-0.05, 0) is 62.2 Å². The van der Waals surface area contributed by atoms with E-state index in [1.54, 1.807) is 45.0 Å². The van der Waals surface area contributed by atoms with Gasteiger partial charge in [0.15, 0.2) is 0 Å². The summed E-state index contributed by atoms with van der Waals surface area (Å²) in [5.41, 5.74) is 2.40. The van der Waals surface area contributed by atoms with Crippen LogP contribution in [0.5, 0.6) is 0 Å².